The molecule has 0 atom stereocenters. The normalized spacial score (nSPS) is 11.0. The second-order valence-electron chi connectivity index (χ2n) is 4.40. The maximum Gasteiger partial charge on any atom is 0.471 e. The molecular weight excluding hydrogens is 303 g/mol. The van der Waals surface area contributed by atoms with Crippen molar-refractivity contribution in [1.82, 2.24) is 4.90 Å². The van der Waals surface area contributed by atoms with Crippen molar-refractivity contribution in [1.29, 1.82) is 0 Å². The highest BCUT2D eigenvalue weighted by atomic mass is 19.4. The van der Waals surface area contributed by atoms with Gasteiger partial charge in [-0.3, -0.25) is 9.59 Å². The first kappa shape index (κ1) is 17.8. The number of rotatable bonds is 6. The number of halogens is 3. The SMILES string of the molecule is COC(=O)CCN(Cc1ccc(OC)cc1)C(=O)C(F)(F)F. The molecule has 5 nitrogen and oxygen atoms in total. The van der Waals surface area contributed by atoms with Crippen LogP contribution in [-0.2, 0) is 20.9 Å². The lowest BCUT2D eigenvalue weighted by Crippen LogP contribution is -2.41. The molecular formula is C14H16F3NO4. The van der Waals surface area contributed by atoms with Gasteiger partial charge in [-0.1, -0.05) is 12.1 Å². The number of carbonyl (C=O) groups excluding carboxylic acids is 2. The van der Waals surface area contributed by atoms with Gasteiger partial charge in [0.1, 0.15) is 5.75 Å². The zero-order chi connectivity index (χ0) is 16.8. The van der Waals surface area contributed by atoms with Crippen LogP contribution in [0.2, 0.25) is 0 Å². The summed E-state index contributed by atoms with van der Waals surface area (Å²) in [6, 6.07) is 6.25. The van der Waals surface area contributed by atoms with Crippen LogP contribution in [-0.4, -0.2) is 43.7 Å². The summed E-state index contributed by atoms with van der Waals surface area (Å²) in [5.74, 6) is -2.13. The average Bonchev–Trinajstić information content (AvgIpc) is 2.50. The van der Waals surface area contributed by atoms with E-state index in [1.54, 1.807) is 24.3 Å². The quantitative estimate of drug-likeness (QED) is 0.754. The Morgan fingerprint density at radius 1 is 1.14 bits per heavy atom. The number of hydrogen-bond donors (Lipinski definition) is 0. The van der Waals surface area contributed by atoms with Gasteiger partial charge in [-0.2, -0.15) is 13.2 Å². The van der Waals surface area contributed by atoms with Crippen LogP contribution >= 0.6 is 0 Å². The van der Waals surface area contributed by atoms with Crippen LogP contribution < -0.4 is 4.74 Å². The highest BCUT2D eigenvalue weighted by molar-refractivity contribution is 5.82. The molecule has 0 aliphatic heterocycles. The smallest absolute Gasteiger partial charge is 0.471 e. The largest absolute Gasteiger partial charge is 0.497 e. The van der Waals surface area contributed by atoms with Crippen LogP contribution in [0.4, 0.5) is 13.2 Å². The lowest BCUT2D eigenvalue weighted by molar-refractivity contribution is -0.186. The molecule has 0 saturated heterocycles. The van der Waals surface area contributed by atoms with Gasteiger partial charge in [-0.25, -0.2) is 0 Å². The zero-order valence-electron chi connectivity index (χ0n) is 12.1. The lowest BCUT2D eigenvalue weighted by Gasteiger charge is -2.23. The number of amides is 1. The molecule has 1 amide bonds. The van der Waals surface area contributed by atoms with Gasteiger partial charge >= 0.3 is 18.1 Å². The van der Waals surface area contributed by atoms with Gasteiger partial charge in [0.05, 0.1) is 20.6 Å². The summed E-state index contributed by atoms with van der Waals surface area (Å²) in [7, 11) is 2.59. The molecule has 0 unspecified atom stereocenters. The molecule has 1 aromatic rings. The van der Waals surface area contributed by atoms with Gasteiger partial charge in [0.2, 0.25) is 0 Å². The Kier molecular flexibility index (Phi) is 6.21. The molecule has 0 saturated carbocycles. The van der Waals surface area contributed by atoms with Crippen molar-refractivity contribution in [3.63, 3.8) is 0 Å². The molecule has 0 radical (unpaired) electrons. The molecule has 0 aliphatic rings. The van der Waals surface area contributed by atoms with E-state index in [2.05, 4.69) is 4.74 Å². The van der Waals surface area contributed by atoms with Crippen molar-refractivity contribution in [2.75, 3.05) is 20.8 Å². The molecule has 22 heavy (non-hydrogen) atoms. The minimum absolute atomic E-state index is 0.265. The Labute approximate surface area is 125 Å². The van der Waals surface area contributed by atoms with E-state index in [0.717, 1.165) is 7.11 Å². The van der Waals surface area contributed by atoms with E-state index in [9.17, 15) is 22.8 Å². The van der Waals surface area contributed by atoms with Gasteiger partial charge in [0.15, 0.2) is 0 Å². The summed E-state index contributed by atoms with van der Waals surface area (Å²) in [6.07, 6.45) is -5.31. The molecule has 0 fully saturated rings. The van der Waals surface area contributed by atoms with E-state index in [4.69, 9.17) is 4.74 Å². The summed E-state index contributed by atoms with van der Waals surface area (Å²) in [6.45, 7) is -0.642. The third-order valence-corrected chi connectivity index (χ3v) is 2.88. The Morgan fingerprint density at radius 2 is 1.73 bits per heavy atom. The minimum atomic E-state index is -5.00. The van der Waals surface area contributed by atoms with Gasteiger partial charge in [0, 0.05) is 13.1 Å². The van der Waals surface area contributed by atoms with E-state index in [1.807, 2.05) is 0 Å². The number of hydrogen-bond acceptors (Lipinski definition) is 4. The monoisotopic (exact) mass is 319 g/mol. The van der Waals surface area contributed by atoms with Gasteiger partial charge in [0.25, 0.3) is 0 Å². The molecule has 0 heterocycles. The molecule has 0 aromatic heterocycles. The minimum Gasteiger partial charge on any atom is -0.497 e. The summed E-state index contributed by atoms with van der Waals surface area (Å²) >= 11 is 0. The van der Waals surface area contributed by atoms with Crippen LogP contribution in [0, 0.1) is 0 Å². The first-order chi connectivity index (χ1) is 10.3. The number of esters is 1. The third kappa shape index (κ3) is 5.27. The van der Waals surface area contributed by atoms with E-state index in [0.29, 0.717) is 16.2 Å². The maximum atomic E-state index is 12.6. The molecule has 1 aromatic carbocycles. The fraction of sp³-hybridized carbons (Fsp3) is 0.429. The van der Waals surface area contributed by atoms with Gasteiger partial charge in [-0.15, -0.1) is 0 Å². The Hall–Kier alpha value is -2.25. The van der Waals surface area contributed by atoms with Crippen LogP contribution in [0.15, 0.2) is 24.3 Å². The second kappa shape index (κ2) is 7.67. The summed E-state index contributed by atoms with van der Waals surface area (Å²) in [4.78, 5) is 23.1. The number of methoxy groups -OCH3 is 2. The Bertz CT molecular complexity index is 514. The topological polar surface area (TPSA) is 55.8 Å². The summed E-state index contributed by atoms with van der Waals surface area (Å²) in [5.41, 5.74) is 0.489. The van der Waals surface area contributed by atoms with Crippen molar-refractivity contribution in [2.24, 2.45) is 0 Å². The van der Waals surface area contributed by atoms with Crippen molar-refractivity contribution < 1.29 is 32.2 Å². The van der Waals surface area contributed by atoms with E-state index in [1.165, 1.54) is 7.11 Å². The molecule has 1 rings (SSSR count). The first-order valence-corrected chi connectivity index (χ1v) is 6.33. The zero-order valence-corrected chi connectivity index (χ0v) is 12.1. The van der Waals surface area contributed by atoms with Gasteiger partial charge < -0.3 is 14.4 Å². The van der Waals surface area contributed by atoms with Crippen molar-refractivity contribution in [3.8, 4) is 5.75 Å². The average molecular weight is 319 g/mol. The van der Waals surface area contributed by atoms with E-state index in [-0.39, 0.29) is 19.5 Å². The summed E-state index contributed by atoms with van der Waals surface area (Å²) < 4.78 is 47.1. The predicted octanol–water partition coefficient (Wildman–Crippen LogP) is 2.15. The van der Waals surface area contributed by atoms with Gasteiger partial charge in [-0.05, 0) is 17.7 Å². The molecule has 122 valence electrons. The molecule has 0 spiro atoms. The van der Waals surface area contributed by atoms with Crippen molar-refractivity contribution in [3.05, 3.63) is 29.8 Å². The highest BCUT2D eigenvalue weighted by Crippen LogP contribution is 2.21. The second-order valence-corrected chi connectivity index (χ2v) is 4.40. The molecule has 0 N–H and O–H groups in total. The number of carbonyl (C=O) groups is 2. The van der Waals surface area contributed by atoms with Crippen LogP contribution in [0.3, 0.4) is 0 Å². The number of benzene rings is 1. The maximum absolute atomic E-state index is 12.6. The first-order valence-electron chi connectivity index (χ1n) is 6.33. The number of ether oxygens (including phenoxy) is 2. The van der Waals surface area contributed by atoms with E-state index >= 15 is 0 Å². The number of nitrogens with zero attached hydrogens (tertiary/aromatic N) is 1. The fourth-order valence-electron chi connectivity index (χ4n) is 1.71. The molecule has 0 bridgehead atoms. The van der Waals surface area contributed by atoms with Crippen molar-refractivity contribution in [2.45, 2.75) is 19.1 Å². The predicted molar refractivity (Wildman–Crippen MR) is 71.1 cm³/mol. The van der Waals surface area contributed by atoms with Crippen LogP contribution in [0.25, 0.3) is 0 Å². The molecule has 0 aliphatic carbocycles. The van der Waals surface area contributed by atoms with Crippen LogP contribution in [0.5, 0.6) is 5.75 Å². The number of alkyl halides is 3. The Morgan fingerprint density at radius 3 is 2.18 bits per heavy atom. The molecule has 8 heteroatoms. The van der Waals surface area contributed by atoms with Crippen molar-refractivity contribution >= 4 is 11.9 Å². The van der Waals surface area contributed by atoms with E-state index < -0.39 is 18.1 Å². The fourth-order valence-corrected chi connectivity index (χ4v) is 1.71. The highest BCUT2D eigenvalue weighted by Gasteiger charge is 2.42. The lowest BCUT2D eigenvalue weighted by atomic mass is 10.2. The summed E-state index contributed by atoms with van der Waals surface area (Å²) in [5, 5.41) is 0. The standard InChI is InChI=1S/C14H16F3NO4/c1-21-11-5-3-10(4-6-11)9-18(8-7-12(19)22-2)13(20)14(15,16)17/h3-6H,7-9H2,1-2H3. The third-order valence-electron chi connectivity index (χ3n) is 2.88. The Balaban J connectivity index is 2.84. The van der Waals surface area contributed by atoms with Crippen LogP contribution in [0.1, 0.15) is 12.0 Å².